The average molecular weight is 178 g/mol. The van der Waals surface area contributed by atoms with Crippen LogP contribution in [0.4, 0.5) is 0 Å². The SMILES string of the molecule is CCCC(C)(C)S(=O)(=O)CC. The van der Waals surface area contributed by atoms with Gasteiger partial charge in [-0.2, -0.15) is 0 Å². The molecule has 0 saturated heterocycles. The third-order valence-corrected chi connectivity index (χ3v) is 4.72. The fraction of sp³-hybridized carbons (Fsp3) is 1.00. The van der Waals surface area contributed by atoms with Gasteiger partial charge in [-0.1, -0.05) is 20.3 Å². The summed E-state index contributed by atoms with van der Waals surface area (Å²) < 4.78 is 22.3. The van der Waals surface area contributed by atoms with Gasteiger partial charge in [-0.25, -0.2) is 8.42 Å². The van der Waals surface area contributed by atoms with E-state index >= 15 is 0 Å². The molecular formula is C8H18O2S. The van der Waals surface area contributed by atoms with Gasteiger partial charge >= 0.3 is 0 Å². The van der Waals surface area contributed by atoms with Crippen LogP contribution in [0.2, 0.25) is 0 Å². The molecule has 0 heterocycles. The molecule has 2 nitrogen and oxygen atoms in total. The van der Waals surface area contributed by atoms with Crippen molar-refractivity contribution in [3.05, 3.63) is 0 Å². The molecule has 0 unspecified atom stereocenters. The van der Waals surface area contributed by atoms with Crippen molar-refractivity contribution in [2.45, 2.75) is 45.3 Å². The van der Waals surface area contributed by atoms with E-state index in [1.165, 1.54) is 0 Å². The van der Waals surface area contributed by atoms with E-state index in [1.807, 2.05) is 6.92 Å². The minimum absolute atomic E-state index is 0.250. The van der Waals surface area contributed by atoms with Crippen molar-refractivity contribution in [2.24, 2.45) is 0 Å². The Bertz CT molecular complexity index is 202. The summed E-state index contributed by atoms with van der Waals surface area (Å²) in [4.78, 5) is 0. The topological polar surface area (TPSA) is 34.1 Å². The molecule has 0 spiro atoms. The molecule has 0 amide bonds. The van der Waals surface area contributed by atoms with E-state index in [1.54, 1.807) is 20.8 Å². The Hall–Kier alpha value is -0.0500. The normalized spacial score (nSPS) is 13.5. The molecule has 68 valence electrons. The lowest BCUT2D eigenvalue weighted by Crippen LogP contribution is -2.32. The lowest BCUT2D eigenvalue weighted by molar-refractivity contribution is 0.524. The van der Waals surface area contributed by atoms with Crippen LogP contribution in [0.15, 0.2) is 0 Å². The molecule has 0 rings (SSSR count). The molecule has 0 bridgehead atoms. The Morgan fingerprint density at radius 3 is 1.91 bits per heavy atom. The van der Waals surface area contributed by atoms with Crippen LogP contribution in [-0.4, -0.2) is 18.9 Å². The van der Waals surface area contributed by atoms with Gasteiger partial charge in [-0.3, -0.25) is 0 Å². The third kappa shape index (κ3) is 2.47. The minimum Gasteiger partial charge on any atom is -0.228 e. The van der Waals surface area contributed by atoms with Gasteiger partial charge in [0, 0.05) is 5.75 Å². The summed E-state index contributed by atoms with van der Waals surface area (Å²) in [5.74, 6) is 0.250. The second kappa shape index (κ2) is 3.57. The van der Waals surface area contributed by atoms with Crippen LogP contribution in [0, 0.1) is 0 Å². The van der Waals surface area contributed by atoms with Gasteiger partial charge in [0.05, 0.1) is 4.75 Å². The molecule has 0 aliphatic rings. The van der Waals surface area contributed by atoms with Crippen LogP contribution in [0.25, 0.3) is 0 Å². The van der Waals surface area contributed by atoms with Crippen molar-refractivity contribution in [3.8, 4) is 0 Å². The van der Waals surface area contributed by atoms with Crippen LogP contribution < -0.4 is 0 Å². The average Bonchev–Trinajstić information content (AvgIpc) is 1.87. The molecule has 3 heteroatoms. The van der Waals surface area contributed by atoms with Crippen LogP contribution in [-0.2, 0) is 9.84 Å². The Morgan fingerprint density at radius 1 is 1.18 bits per heavy atom. The Labute approximate surface area is 69.9 Å². The highest BCUT2D eigenvalue weighted by Gasteiger charge is 2.31. The highest BCUT2D eigenvalue weighted by Crippen LogP contribution is 2.22. The molecule has 0 aromatic carbocycles. The molecular weight excluding hydrogens is 160 g/mol. The van der Waals surface area contributed by atoms with Crippen molar-refractivity contribution < 1.29 is 8.42 Å². The molecule has 0 aromatic heterocycles. The lowest BCUT2D eigenvalue weighted by atomic mass is 10.1. The zero-order valence-corrected chi connectivity index (χ0v) is 8.66. The van der Waals surface area contributed by atoms with E-state index in [9.17, 15) is 8.42 Å². The predicted octanol–water partition coefficient (Wildman–Crippen LogP) is 2.00. The Kier molecular flexibility index (Phi) is 3.55. The van der Waals surface area contributed by atoms with Gasteiger partial charge in [-0.15, -0.1) is 0 Å². The number of hydrogen-bond acceptors (Lipinski definition) is 2. The summed E-state index contributed by atoms with van der Waals surface area (Å²) in [7, 11) is -2.86. The van der Waals surface area contributed by atoms with Gasteiger partial charge in [-0.05, 0) is 20.3 Å². The first-order valence-corrected chi connectivity index (χ1v) is 5.75. The molecule has 0 aliphatic carbocycles. The van der Waals surface area contributed by atoms with Crippen molar-refractivity contribution in [1.82, 2.24) is 0 Å². The molecule has 0 saturated carbocycles. The van der Waals surface area contributed by atoms with Gasteiger partial charge in [0.2, 0.25) is 0 Å². The zero-order valence-electron chi connectivity index (χ0n) is 7.85. The second-order valence-corrected chi connectivity index (χ2v) is 6.33. The van der Waals surface area contributed by atoms with Crippen LogP contribution >= 0.6 is 0 Å². The van der Waals surface area contributed by atoms with Crippen molar-refractivity contribution in [2.75, 3.05) is 5.75 Å². The van der Waals surface area contributed by atoms with E-state index in [4.69, 9.17) is 0 Å². The highest BCUT2D eigenvalue weighted by atomic mass is 32.2. The molecule has 0 aliphatic heterocycles. The van der Waals surface area contributed by atoms with Gasteiger partial charge in [0.1, 0.15) is 0 Å². The summed E-state index contributed by atoms with van der Waals surface area (Å²) >= 11 is 0. The van der Waals surface area contributed by atoms with E-state index in [0.29, 0.717) is 0 Å². The van der Waals surface area contributed by atoms with Gasteiger partial charge in [0.25, 0.3) is 0 Å². The molecule has 0 atom stereocenters. The summed E-state index contributed by atoms with van der Waals surface area (Å²) in [6.07, 6.45) is 1.68. The summed E-state index contributed by atoms with van der Waals surface area (Å²) in [6, 6.07) is 0. The first-order chi connectivity index (χ1) is 4.87. The van der Waals surface area contributed by atoms with E-state index in [2.05, 4.69) is 0 Å². The quantitative estimate of drug-likeness (QED) is 0.660. The maximum absolute atomic E-state index is 11.4. The second-order valence-electron chi connectivity index (χ2n) is 3.41. The van der Waals surface area contributed by atoms with Gasteiger partial charge < -0.3 is 0 Å². The van der Waals surface area contributed by atoms with Crippen LogP contribution in [0.3, 0.4) is 0 Å². The van der Waals surface area contributed by atoms with E-state index < -0.39 is 14.6 Å². The van der Waals surface area contributed by atoms with Crippen LogP contribution in [0.1, 0.15) is 40.5 Å². The number of hydrogen-bond donors (Lipinski definition) is 0. The van der Waals surface area contributed by atoms with Gasteiger partial charge in [0.15, 0.2) is 9.84 Å². The monoisotopic (exact) mass is 178 g/mol. The standard InChI is InChI=1S/C8H18O2S/c1-5-7-8(3,4)11(9,10)6-2/h5-7H2,1-4H3. The fourth-order valence-electron chi connectivity index (χ4n) is 1.15. The number of sulfone groups is 1. The molecule has 0 fully saturated rings. The smallest absolute Gasteiger partial charge is 0.155 e. The maximum Gasteiger partial charge on any atom is 0.155 e. The van der Waals surface area contributed by atoms with Crippen molar-refractivity contribution >= 4 is 9.84 Å². The minimum atomic E-state index is -2.86. The lowest BCUT2D eigenvalue weighted by Gasteiger charge is -2.22. The summed E-state index contributed by atoms with van der Waals surface area (Å²) in [6.45, 7) is 7.31. The predicted molar refractivity (Wildman–Crippen MR) is 48.4 cm³/mol. The highest BCUT2D eigenvalue weighted by molar-refractivity contribution is 7.92. The third-order valence-electron chi connectivity index (χ3n) is 2.07. The van der Waals surface area contributed by atoms with Crippen molar-refractivity contribution in [3.63, 3.8) is 0 Å². The molecule has 0 N–H and O–H groups in total. The molecule has 11 heavy (non-hydrogen) atoms. The molecule has 0 aromatic rings. The zero-order chi connectivity index (χ0) is 9.12. The fourth-order valence-corrected chi connectivity index (χ4v) is 2.44. The largest absolute Gasteiger partial charge is 0.228 e. The maximum atomic E-state index is 11.4. The van der Waals surface area contributed by atoms with E-state index in [-0.39, 0.29) is 5.75 Å². The summed E-state index contributed by atoms with van der Waals surface area (Å²) in [5.41, 5.74) is 0. The Morgan fingerprint density at radius 2 is 1.64 bits per heavy atom. The Balaban J connectivity index is 4.55. The van der Waals surface area contributed by atoms with E-state index in [0.717, 1.165) is 12.8 Å². The number of rotatable bonds is 4. The first-order valence-electron chi connectivity index (χ1n) is 4.09. The molecule has 0 radical (unpaired) electrons. The summed E-state index contributed by atoms with van der Waals surface area (Å²) in [5, 5.41) is 0. The first kappa shape index (κ1) is 11.0. The van der Waals surface area contributed by atoms with Crippen LogP contribution in [0.5, 0.6) is 0 Å². The van der Waals surface area contributed by atoms with Crippen molar-refractivity contribution in [1.29, 1.82) is 0 Å².